The molecule has 3 aromatic heterocycles. The third-order valence-electron chi connectivity index (χ3n) is 7.93. The summed E-state index contributed by atoms with van der Waals surface area (Å²) in [6, 6.07) is 14.9. The summed E-state index contributed by atoms with van der Waals surface area (Å²) < 4.78 is 7.62. The third-order valence-corrected chi connectivity index (χ3v) is 7.93. The van der Waals surface area contributed by atoms with Crippen LogP contribution in [0.4, 0.5) is 16.4 Å². The lowest BCUT2D eigenvalue weighted by atomic mass is 9.85. The molecule has 212 valence electrons. The van der Waals surface area contributed by atoms with Crippen molar-refractivity contribution in [2.24, 2.45) is 0 Å². The Bertz CT molecular complexity index is 1500. The summed E-state index contributed by atoms with van der Waals surface area (Å²) in [5.41, 5.74) is 5.29. The first-order valence-corrected chi connectivity index (χ1v) is 14.5. The monoisotopic (exact) mass is 551 g/mol. The van der Waals surface area contributed by atoms with Gasteiger partial charge in [0.1, 0.15) is 11.3 Å². The van der Waals surface area contributed by atoms with Crippen LogP contribution in [0.2, 0.25) is 0 Å². The minimum absolute atomic E-state index is 0.167. The zero-order valence-corrected chi connectivity index (χ0v) is 24.1. The van der Waals surface area contributed by atoms with Gasteiger partial charge in [0.15, 0.2) is 0 Å². The van der Waals surface area contributed by atoms with Crippen molar-refractivity contribution in [3.63, 3.8) is 0 Å². The normalized spacial score (nSPS) is 20.2. The number of hydrogen-bond donors (Lipinski definition) is 1. The zero-order valence-electron chi connectivity index (χ0n) is 24.1. The average Bonchev–Trinajstić information content (AvgIpc) is 3.52. The maximum absolute atomic E-state index is 12.8. The number of ether oxygens (including phenoxy) is 1. The number of piperidine rings is 1. The summed E-state index contributed by atoms with van der Waals surface area (Å²) in [7, 11) is 0. The Morgan fingerprint density at radius 2 is 1.80 bits per heavy atom. The van der Waals surface area contributed by atoms with Crippen molar-refractivity contribution in [2.45, 2.75) is 83.5 Å². The number of hydrogen-bond acceptors (Lipinski definition) is 7. The standard InChI is InChI=1S/C32H37N7O2/c1-5-38-20-27(29(37-38)22-7-6-15-33-19-22)28-14-16-34-30(36-28)35-24-10-8-21(9-11-24)23-17-25-12-13-26(18-23)39(25)31(40)41-32(2,3)4/h6-11,14-16,19-20,23,25-26H,5,12-13,17-18H2,1-4H3,(H,34,35,36). The minimum Gasteiger partial charge on any atom is -0.444 e. The van der Waals surface area contributed by atoms with Crippen molar-refractivity contribution in [1.82, 2.24) is 29.6 Å². The van der Waals surface area contributed by atoms with Crippen LogP contribution < -0.4 is 5.32 Å². The molecule has 1 aromatic carbocycles. The zero-order chi connectivity index (χ0) is 28.6. The van der Waals surface area contributed by atoms with Gasteiger partial charge in [-0.1, -0.05) is 12.1 Å². The molecule has 6 rings (SSSR count). The van der Waals surface area contributed by atoms with Crippen molar-refractivity contribution in [1.29, 1.82) is 0 Å². The van der Waals surface area contributed by atoms with E-state index in [1.54, 1.807) is 12.4 Å². The van der Waals surface area contributed by atoms with E-state index in [1.165, 1.54) is 5.56 Å². The van der Waals surface area contributed by atoms with Crippen LogP contribution in [0.15, 0.2) is 67.3 Å². The van der Waals surface area contributed by atoms with Crippen LogP contribution in [-0.4, -0.2) is 53.4 Å². The van der Waals surface area contributed by atoms with Gasteiger partial charge in [0.2, 0.25) is 5.95 Å². The average molecular weight is 552 g/mol. The molecule has 0 saturated carbocycles. The van der Waals surface area contributed by atoms with Gasteiger partial charge in [-0.05, 0) is 95.2 Å². The van der Waals surface area contributed by atoms with E-state index in [4.69, 9.17) is 14.8 Å². The molecule has 41 heavy (non-hydrogen) atoms. The van der Waals surface area contributed by atoms with Crippen molar-refractivity contribution < 1.29 is 9.53 Å². The van der Waals surface area contributed by atoms with E-state index in [2.05, 4.69) is 46.5 Å². The topological polar surface area (TPSA) is 98.1 Å². The van der Waals surface area contributed by atoms with Crippen LogP contribution in [0.3, 0.4) is 0 Å². The highest BCUT2D eigenvalue weighted by Crippen LogP contribution is 2.44. The molecule has 2 atom stereocenters. The van der Waals surface area contributed by atoms with Crippen LogP contribution in [0.1, 0.15) is 64.9 Å². The van der Waals surface area contributed by atoms with E-state index in [0.29, 0.717) is 11.9 Å². The van der Waals surface area contributed by atoms with Gasteiger partial charge in [0.05, 0.1) is 5.69 Å². The number of carbonyl (C=O) groups is 1. The van der Waals surface area contributed by atoms with Crippen molar-refractivity contribution in [3.8, 4) is 22.5 Å². The quantitative estimate of drug-likeness (QED) is 0.281. The summed E-state index contributed by atoms with van der Waals surface area (Å²) in [6.07, 6.45) is 11.2. The van der Waals surface area contributed by atoms with Crippen LogP contribution in [0, 0.1) is 0 Å². The Morgan fingerprint density at radius 3 is 2.46 bits per heavy atom. The molecule has 2 saturated heterocycles. The van der Waals surface area contributed by atoms with Gasteiger partial charge in [0, 0.05) is 60.2 Å². The predicted octanol–water partition coefficient (Wildman–Crippen LogP) is 6.81. The smallest absolute Gasteiger partial charge is 0.410 e. The molecular weight excluding hydrogens is 514 g/mol. The second-order valence-corrected chi connectivity index (χ2v) is 11.9. The summed E-state index contributed by atoms with van der Waals surface area (Å²) in [4.78, 5) is 28.4. The van der Waals surface area contributed by atoms with E-state index in [0.717, 1.165) is 60.4 Å². The first kappa shape index (κ1) is 26.9. The molecule has 9 heteroatoms. The Labute approximate surface area is 241 Å². The first-order chi connectivity index (χ1) is 19.8. The van der Waals surface area contributed by atoms with Crippen LogP contribution >= 0.6 is 0 Å². The predicted molar refractivity (Wildman–Crippen MR) is 159 cm³/mol. The maximum Gasteiger partial charge on any atom is 0.410 e. The van der Waals surface area contributed by atoms with Crippen molar-refractivity contribution >= 4 is 17.7 Å². The van der Waals surface area contributed by atoms with Gasteiger partial charge in [-0.15, -0.1) is 0 Å². The Hall–Kier alpha value is -4.27. The summed E-state index contributed by atoms with van der Waals surface area (Å²) in [5, 5.41) is 8.12. The molecule has 9 nitrogen and oxygen atoms in total. The second kappa shape index (κ2) is 11.0. The summed E-state index contributed by atoms with van der Waals surface area (Å²) in [5.74, 6) is 0.959. The number of fused-ring (bicyclic) bond motifs is 2. The maximum atomic E-state index is 12.8. The Kier molecular flexibility index (Phi) is 7.19. The molecule has 2 aliphatic rings. The number of pyridine rings is 1. The van der Waals surface area contributed by atoms with Gasteiger partial charge >= 0.3 is 6.09 Å². The number of aryl methyl sites for hydroxylation is 1. The summed E-state index contributed by atoms with van der Waals surface area (Å²) >= 11 is 0. The highest BCUT2D eigenvalue weighted by atomic mass is 16.6. The van der Waals surface area contributed by atoms with Crippen LogP contribution in [0.25, 0.3) is 22.5 Å². The largest absolute Gasteiger partial charge is 0.444 e. The molecule has 0 radical (unpaired) electrons. The third kappa shape index (κ3) is 5.80. The van der Waals surface area contributed by atoms with Gasteiger partial charge in [0.25, 0.3) is 0 Å². The number of nitrogens with one attached hydrogen (secondary N) is 1. The van der Waals surface area contributed by atoms with E-state index >= 15 is 0 Å². The molecule has 2 aliphatic heterocycles. The Balaban J connectivity index is 1.15. The van der Waals surface area contributed by atoms with Crippen LogP contribution in [0.5, 0.6) is 0 Å². The molecule has 4 aromatic rings. The van der Waals surface area contributed by atoms with E-state index in [1.807, 2.05) is 60.9 Å². The number of rotatable bonds is 6. The highest BCUT2D eigenvalue weighted by molar-refractivity contribution is 5.78. The van der Waals surface area contributed by atoms with Gasteiger partial charge in [-0.25, -0.2) is 14.8 Å². The SMILES string of the molecule is CCn1cc(-c2ccnc(Nc3ccc(C4CC5CCC(C4)N5C(=O)OC(C)(C)C)cc3)n2)c(-c2cccnc2)n1. The minimum atomic E-state index is -0.474. The van der Waals surface area contributed by atoms with Gasteiger partial charge < -0.3 is 15.0 Å². The fourth-order valence-electron chi connectivity index (χ4n) is 6.09. The fraction of sp³-hybridized carbons (Fsp3) is 0.406. The molecule has 5 heterocycles. The number of carbonyl (C=O) groups excluding carboxylic acids is 1. The lowest BCUT2D eigenvalue weighted by Gasteiger charge is -2.39. The number of anilines is 2. The van der Waals surface area contributed by atoms with E-state index in [9.17, 15) is 4.79 Å². The molecule has 1 amide bonds. The summed E-state index contributed by atoms with van der Waals surface area (Å²) in [6.45, 7) is 8.61. The number of nitrogens with zero attached hydrogens (tertiary/aromatic N) is 6. The lowest BCUT2D eigenvalue weighted by Crippen LogP contribution is -2.48. The number of aromatic nitrogens is 5. The molecule has 0 aliphatic carbocycles. The van der Waals surface area contributed by atoms with Crippen molar-refractivity contribution in [3.05, 3.63) is 72.8 Å². The Morgan fingerprint density at radius 1 is 1.05 bits per heavy atom. The van der Waals surface area contributed by atoms with E-state index < -0.39 is 5.60 Å². The van der Waals surface area contributed by atoms with Crippen LogP contribution in [-0.2, 0) is 11.3 Å². The van der Waals surface area contributed by atoms with Gasteiger partial charge in [-0.2, -0.15) is 5.10 Å². The molecule has 2 fully saturated rings. The van der Waals surface area contributed by atoms with E-state index in [-0.39, 0.29) is 18.2 Å². The first-order valence-electron chi connectivity index (χ1n) is 14.5. The molecule has 1 N–H and O–H groups in total. The number of benzene rings is 1. The van der Waals surface area contributed by atoms with Gasteiger partial charge in [-0.3, -0.25) is 9.67 Å². The molecule has 2 unspecified atom stereocenters. The molecular formula is C32H37N7O2. The fourth-order valence-corrected chi connectivity index (χ4v) is 6.09. The van der Waals surface area contributed by atoms with Crippen molar-refractivity contribution in [2.75, 3.05) is 5.32 Å². The number of amides is 1. The lowest BCUT2D eigenvalue weighted by molar-refractivity contribution is 0.00584. The second-order valence-electron chi connectivity index (χ2n) is 11.9. The molecule has 2 bridgehead atoms. The highest BCUT2D eigenvalue weighted by Gasteiger charge is 2.45. The molecule has 0 spiro atoms.